The number of carbonyl (C=O) groups is 1. The molecule has 0 saturated carbocycles. The van der Waals surface area contributed by atoms with E-state index in [0.29, 0.717) is 12.6 Å². The minimum Gasteiger partial charge on any atom is -0.381 e. The molecule has 1 heterocycles. The van der Waals surface area contributed by atoms with E-state index >= 15 is 0 Å². The van der Waals surface area contributed by atoms with Crippen LogP contribution in [0.15, 0.2) is 24.3 Å². The van der Waals surface area contributed by atoms with Gasteiger partial charge in [0.1, 0.15) is 0 Å². The lowest BCUT2D eigenvalue weighted by atomic mass is 10.1. The Labute approximate surface area is 108 Å². The van der Waals surface area contributed by atoms with E-state index in [-0.39, 0.29) is 5.91 Å². The van der Waals surface area contributed by atoms with Crippen LogP contribution in [0.2, 0.25) is 0 Å². The van der Waals surface area contributed by atoms with Crippen molar-refractivity contribution in [3.05, 3.63) is 29.8 Å². The number of benzene rings is 1. The van der Waals surface area contributed by atoms with Crippen LogP contribution < -0.4 is 10.6 Å². The summed E-state index contributed by atoms with van der Waals surface area (Å²) in [6, 6.07) is 8.20. The molecule has 4 heteroatoms. The number of hydrogen-bond acceptors (Lipinski definition) is 3. The van der Waals surface area contributed by atoms with E-state index in [0.717, 1.165) is 37.3 Å². The molecule has 1 aliphatic rings. The zero-order chi connectivity index (χ0) is 12.8. The molecule has 1 amide bonds. The number of rotatable bonds is 4. The standard InChI is InChI=1S/C14H20N2O2/c1-11-4-2-3-5-13(11)16-14(17)10-15-12-6-8-18-9-7-12/h2-5,12,15H,6-10H2,1H3,(H,16,17). The Morgan fingerprint density at radius 2 is 2.06 bits per heavy atom. The SMILES string of the molecule is Cc1ccccc1NC(=O)CNC1CCOCC1. The van der Waals surface area contributed by atoms with Crippen LogP contribution in [0.4, 0.5) is 5.69 Å². The zero-order valence-corrected chi connectivity index (χ0v) is 10.7. The summed E-state index contributed by atoms with van der Waals surface area (Å²) in [6.07, 6.45) is 1.97. The molecular formula is C14H20N2O2. The number of amides is 1. The van der Waals surface area contributed by atoms with Crippen molar-refractivity contribution < 1.29 is 9.53 Å². The van der Waals surface area contributed by atoms with E-state index in [4.69, 9.17) is 4.74 Å². The van der Waals surface area contributed by atoms with Crippen molar-refractivity contribution in [2.24, 2.45) is 0 Å². The molecule has 4 nitrogen and oxygen atoms in total. The van der Waals surface area contributed by atoms with Crippen molar-refractivity contribution in [2.45, 2.75) is 25.8 Å². The predicted molar refractivity (Wildman–Crippen MR) is 71.7 cm³/mol. The van der Waals surface area contributed by atoms with E-state index in [1.165, 1.54) is 0 Å². The largest absolute Gasteiger partial charge is 0.381 e. The summed E-state index contributed by atoms with van der Waals surface area (Å²) in [6.45, 7) is 3.93. The molecule has 0 bridgehead atoms. The molecule has 0 spiro atoms. The van der Waals surface area contributed by atoms with Gasteiger partial charge < -0.3 is 15.4 Å². The number of ether oxygens (including phenoxy) is 1. The van der Waals surface area contributed by atoms with Gasteiger partial charge in [-0.3, -0.25) is 4.79 Å². The quantitative estimate of drug-likeness (QED) is 0.852. The van der Waals surface area contributed by atoms with Crippen LogP contribution in [0.3, 0.4) is 0 Å². The molecule has 1 aromatic rings. The van der Waals surface area contributed by atoms with Crippen molar-refractivity contribution in [2.75, 3.05) is 25.1 Å². The molecule has 0 aliphatic carbocycles. The predicted octanol–water partition coefficient (Wildman–Crippen LogP) is 1.70. The van der Waals surface area contributed by atoms with Gasteiger partial charge in [-0.2, -0.15) is 0 Å². The third-order valence-corrected chi connectivity index (χ3v) is 3.19. The summed E-state index contributed by atoms with van der Waals surface area (Å²) in [5, 5.41) is 6.19. The van der Waals surface area contributed by atoms with Crippen LogP contribution in [0.25, 0.3) is 0 Å². The van der Waals surface area contributed by atoms with Crippen LogP contribution in [-0.2, 0) is 9.53 Å². The zero-order valence-electron chi connectivity index (χ0n) is 10.7. The fraction of sp³-hybridized carbons (Fsp3) is 0.500. The molecule has 0 aromatic heterocycles. The average Bonchev–Trinajstić information content (AvgIpc) is 2.40. The molecule has 1 aromatic carbocycles. The van der Waals surface area contributed by atoms with Gasteiger partial charge in [0.25, 0.3) is 0 Å². The van der Waals surface area contributed by atoms with Gasteiger partial charge in [-0.05, 0) is 31.4 Å². The van der Waals surface area contributed by atoms with E-state index < -0.39 is 0 Å². The van der Waals surface area contributed by atoms with Crippen molar-refractivity contribution in [1.82, 2.24) is 5.32 Å². The van der Waals surface area contributed by atoms with Crippen LogP contribution in [0.5, 0.6) is 0 Å². The lowest BCUT2D eigenvalue weighted by Gasteiger charge is -2.22. The molecule has 1 fully saturated rings. The summed E-state index contributed by atoms with van der Waals surface area (Å²) in [5.74, 6) is 0.00999. The van der Waals surface area contributed by atoms with Crippen LogP contribution in [0.1, 0.15) is 18.4 Å². The highest BCUT2D eigenvalue weighted by molar-refractivity contribution is 5.92. The molecule has 0 atom stereocenters. The maximum absolute atomic E-state index is 11.8. The van der Waals surface area contributed by atoms with Gasteiger partial charge in [0, 0.05) is 24.9 Å². The summed E-state index contributed by atoms with van der Waals surface area (Å²) in [5.41, 5.74) is 1.97. The molecule has 1 aliphatic heterocycles. The summed E-state index contributed by atoms with van der Waals surface area (Å²) < 4.78 is 5.28. The highest BCUT2D eigenvalue weighted by Gasteiger charge is 2.14. The number of aryl methyl sites for hydroxylation is 1. The second kappa shape index (κ2) is 6.52. The number of hydrogen-bond donors (Lipinski definition) is 2. The Hall–Kier alpha value is -1.39. The molecule has 0 radical (unpaired) electrons. The minimum atomic E-state index is 0.00999. The molecule has 2 N–H and O–H groups in total. The first-order valence-corrected chi connectivity index (χ1v) is 6.42. The molecule has 0 unspecified atom stereocenters. The first-order valence-electron chi connectivity index (χ1n) is 6.42. The third-order valence-electron chi connectivity index (χ3n) is 3.19. The minimum absolute atomic E-state index is 0.00999. The Balaban J connectivity index is 1.76. The van der Waals surface area contributed by atoms with Crippen LogP contribution in [-0.4, -0.2) is 31.7 Å². The highest BCUT2D eigenvalue weighted by atomic mass is 16.5. The lowest BCUT2D eigenvalue weighted by Crippen LogP contribution is -2.39. The normalized spacial score (nSPS) is 16.5. The molecular weight excluding hydrogens is 228 g/mol. The van der Waals surface area contributed by atoms with Gasteiger partial charge in [-0.1, -0.05) is 18.2 Å². The Bertz CT molecular complexity index is 401. The smallest absolute Gasteiger partial charge is 0.238 e. The third kappa shape index (κ3) is 3.82. The molecule has 98 valence electrons. The van der Waals surface area contributed by atoms with E-state index in [9.17, 15) is 4.79 Å². The second-order valence-electron chi connectivity index (χ2n) is 4.63. The van der Waals surface area contributed by atoms with Gasteiger partial charge in [0.15, 0.2) is 0 Å². The van der Waals surface area contributed by atoms with Crippen molar-refractivity contribution in [3.63, 3.8) is 0 Å². The summed E-state index contributed by atoms with van der Waals surface area (Å²) >= 11 is 0. The van der Waals surface area contributed by atoms with Crippen molar-refractivity contribution in [3.8, 4) is 0 Å². The van der Waals surface area contributed by atoms with Crippen molar-refractivity contribution in [1.29, 1.82) is 0 Å². The van der Waals surface area contributed by atoms with E-state index in [1.54, 1.807) is 0 Å². The van der Waals surface area contributed by atoms with Crippen LogP contribution in [0, 0.1) is 6.92 Å². The molecule has 18 heavy (non-hydrogen) atoms. The maximum atomic E-state index is 11.8. The Morgan fingerprint density at radius 1 is 1.33 bits per heavy atom. The molecule has 2 rings (SSSR count). The highest BCUT2D eigenvalue weighted by Crippen LogP contribution is 2.12. The molecule has 1 saturated heterocycles. The van der Waals surface area contributed by atoms with E-state index in [1.807, 2.05) is 31.2 Å². The van der Waals surface area contributed by atoms with Crippen LogP contribution >= 0.6 is 0 Å². The van der Waals surface area contributed by atoms with Gasteiger partial charge in [-0.15, -0.1) is 0 Å². The fourth-order valence-electron chi connectivity index (χ4n) is 2.05. The first-order chi connectivity index (χ1) is 8.75. The Kier molecular flexibility index (Phi) is 4.73. The van der Waals surface area contributed by atoms with Gasteiger partial charge in [0.05, 0.1) is 6.54 Å². The van der Waals surface area contributed by atoms with Gasteiger partial charge in [0.2, 0.25) is 5.91 Å². The summed E-state index contributed by atoms with van der Waals surface area (Å²) in [4.78, 5) is 11.8. The number of carbonyl (C=O) groups excluding carboxylic acids is 1. The number of nitrogens with one attached hydrogen (secondary N) is 2. The fourth-order valence-corrected chi connectivity index (χ4v) is 2.05. The monoisotopic (exact) mass is 248 g/mol. The topological polar surface area (TPSA) is 50.4 Å². The lowest BCUT2D eigenvalue weighted by molar-refractivity contribution is -0.115. The Morgan fingerprint density at radius 3 is 2.78 bits per heavy atom. The second-order valence-corrected chi connectivity index (χ2v) is 4.63. The van der Waals surface area contributed by atoms with Crippen molar-refractivity contribution >= 4 is 11.6 Å². The average molecular weight is 248 g/mol. The number of para-hydroxylation sites is 1. The number of anilines is 1. The van der Waals surface area contributed by atoms with E-state index in [2.05, 4.69) is 10.6 Å². The maximum Gasteiger partial charge on any atom is 0.238 e. The first kappa shape index (κ1) is 13.1. The summed E-state index contributed by atoms with van der Waals surface area (Å²) in [7, 11) is 0. The van der Waals surface area contributed by atoms with Gasteiger partial charge >= 0.3 is 0 Å². The van der Waals surface area contributed by atoms with Gasteiger partial charge in [-0.25, -0.2) is 0 Å².